The van der Waals surface area contributed by atoms with Crippen molar-refractivity contribution < 1.29 is 87.5 Å². The number of nitro groups is 6. The van der Waals surface area contributed by atoms with Gasteiger partial charge >= 0.3 is 0 Å². The van der Waals surface area contributed by atoms with Crippen molar-refractivity contribution in [1.82, 2.24) is 4.90 Å². The topological polar surface area (TPSA) is 442 Å². The number of anilines is 3. The highest BCUT2D eigenvalue weighted by Gasteiger charge is 2.60. The van der Waals surface area contributed by atoms with Gasteiger partial charge in [0.2, 0.25) is 0 Å². The average Bonchev–Trinajstić information content (AvgIpc) is 4.33. The molecule has 6 N–H and O–H groups in total. The molecular weight excluding hydrogens is 1060 g/mol. The zero-order valence-electron chi connectivity index (χ0n) is 42.5. The maximum Gasteiger partial charge on any atom is 0.299 e. The molecule has 34 heteroatoms. The first kappa shape index (κ1) is 56.7. The standard InChI is InChI=1S/C45H54N10O24/c1-43(2)74-37-31(46-22-10-7-19(50(59)60)13-25(22)53(65)66)34(71-40(37)77-43)28(56)16-49(17-29(57)35-32(38-41(72-35)78-44(3,4)75-38)47-23-11-8-20(51(61)62)14-26(23)54(67)68)18-30(58)36-33(39-42(73-36)79-45(5,6)76-39)48-24-12-9-21(52(63)64)15-27(24)55(69)70/h7-15,28-42,46-48,56-58H,16-18H2,1-6H3/t28?,29?,30?,31-,32-,33-,34+,35+,36+,37+,38+,39+,40+,41+,42+/m0/s1. The number of nitrogens with one attached hydrogen (secondary N) is 3. The van der Waals surface area contributed by atoms with E-state index < -0.39 is 193 Å². The number of non-ortho nitro benzene ring substituents is 3. The summed E-state index contributed by atoms with van der Waals surface area (Å²) in [5.74, 6) is -3.84. The van der Waals surface area contributed by atoms with E-state index in [-0.39, 0.29) is 17.1 Å². The van der Waals surface area contributed by atoms with Crippen LogP contribution in [0, 0.1) is 60.7 Å². The lowest BCUT2D eigenvalue weighted by molar-refractivity contribution is -0.393. The van der Waals surface area contributed by atoms with Crippen LogP contribution in [0.2, 0.25) is 0 Å². The van der Waals surface area contributed by atoms with E-state index in [1.54, 1.807) is 41.5 Å². The highest BCUT2D eigenvalue weighted by Crippen LogP contribution is 2.45. The Kier molecular flexibility index (Phi) is 15.2. The number of benzene rings is 3. The van der Waals surface area contributed by atoms with Gasteiger partial charge in [-0.05, 0) is 59.7 Å². The first-order valence-corrected chi connectivity index (χ1v) is 24.4. The highest BCUT2D eigenvalue weighted by atomic mass is 16.9. The van der Waals surface area contributed by atoms with Gasteiger partial charge in [-0.15, -0.1) is 0 Å². The Morgan fingerprint density at radius 1 is 0.443 bits per heavy atom. The molecule has 0 spiro atoms. The summed E-state index contributed by atoms with van der Waals surface area (Å²) in [6, 6.07) is 4.87. The number of nitro benzene ring substituents is 6. The largest absolute Gasteiger partial charge is 0.389 e. The monoisotopic (exact) mass is 1120 g/mol. The molecule has 6 aliphatic heterocycles. The molecule has 428 valence electrons. The molecule has 0 amide bonds. The number of fused-ring (bicyclic) bond motifs is 3. The van der Waals surface area contributed by atoms with Crippen LogP contribution >= 0.6 is 0 Å². The van der Waals surface area contributed by atoms with Crippen molar-refractivity contribution >= 4 is 51.2 Å². The fraction of sp³-hybridized carbons (Fsp3) is 0.600. The predicted octanol–water partition coefficient (Wildman–Crippen LogP) is 2.89. The summed E-state index contributed by atoms with van der Waals surface area (Å²) in [5, 5.41) is 118. The van der Waals surface area contributed by atoms with Gasteiger partial charge in [0.25, 0.3) is 34.1 Å². The van der Waals surface area contributed by atoms with Crippen molar-refractivity contribution in [2.75, 3.05) is 35.6 Å². The molecule has 0 aliphatic carbocycles. The third-order valence-electron chi connectivity index (χ3n) is 13.9. The van der Waals surface area contributed by atoms with E-state index in [1.165, 1.54) is 4.90 Å². The zero-order chi connectivity index (χ0) is 57.4. The summed E-state index contributed by atoms with van der Waals surface area (Å²) in [4.78, 5) is 67.9. The summed E-state index contributed by atoms with van der Waals surface area (Å²) in [6.45, 7) is 7.66. The normalized spacial score (nSPS) is 30.9. The molecule has 3 aromatic carbocycles. The molecule has 6 fully saturated rings. The fourth-order valence-electron chi connectivity index (χ4n) is 10.7. The molecule has 6 heterocycles. The SMILES string of the molecule is CC1(C)O[C@H]2O[C@H](C(O)CN(CC(O)[C@H]3O[C@@H]4OC(C)(C)O[C@@H]4[C@H]3Nc3ccc([N+](=O)[O-])cc3[N+](=O)[O-])CC(O)[C@H]3O[C@@H]4OC(C)(C)O[C@@H]4[C@H]3Nc3ccc([N+](=O)[O-])cc3[N+](=O)[O-])[C@H](Nc3ccc([N+](=O)[O-])cc3[N+](=O)[O-])[C@H]2O1. The zero-order valence-corrected chi connectivity index (χ0v) is 42.5. The molecule has 0 radical (unpaired) electrons. The summed E-state index contributed by atoms with van der Waals surface area (Å²) in [7, 11) is 0. The van der Waals surface area contributed by atoms with Crippen LogP contribution in [-0.4, -0.2) is 179 Å². The molecule has 3 unspecified atom stereocenters. The lowest BCUT2D eigenvalue weighted by Gasteiger charge is -2.37. The van der Waals surface area contributed by atoms with Gasteiger partial charge in [0.1, 0.15) is 53.7 Å². The van der Waals surface area contributed by atoms with Gasteiger partial charge in [0.15, 0.2) is 36.2 Å². The van der Waals surface area contributed by atoms with Crippen LogP contribution in [0.5, 0.6) is 0 Å². The van der Waals surface area contributed by atoms with E-state index in [0.717, 1.165) is 54.6 Å². The molecule has 0 bridgehead atoms. The Morgan fingerprint density at radius 2 is 0.696 bits per heavy atom. The summed E-state index contributed by atoms with van der Waals surface area (Å²) < 4.78 is 55.0. The number of aliphatic hydroxyl groups excluding tert-OH is 3. The average molecular weight is 1120 g/mol. The van der Waals surface area contributed by atoms with Crippen LogP contribution < -0.4 is 16.0 Å². The van der Waals surface area contributed by atoms with Crippen LogP contribution in [0.15, 0.2) is 54.6 Å². The highest BCUT2D eigenvalue weighted by molar-refractivity contribution is 5.68. The number of rotatable bonds is 21. The van der Waals surface area contributed by atoms with Crippen molar-refractivity contribution in [3.05, 3.63) is 115 Å². The molecule has 34 nitrogen and oxygen atoms in total. The van der Waals surface area contributed by atoms with Gasteiger partial charge in [0, 0.05) is 37.8 Å². The molecule has 3 aromatic rings. The van der Waals surface area contributed by atoms with Crippen LogP contribution in [0.1, 0.15) is 41.5 Å². The Bertz CT molecular complexity index is 2610. The van der Waals surface area contributed by atoms with Gasteiger partial charge < -0.3 is 73.9 Å². The van der Waals surface area contributed by atoms with Crippen LogP contribution in [-0.2, 0) is 42.6 Å². The number of hydrogen-bond donors (Lipinski definition) is 6. The molecule has 0 saturated carbocycles. The second kappa shape index (κ2) is 21.2. The maximum absolute atomic E-state index is 12.4. The van der Waals surface area contributed by atoms with E-state index >= 15 is 0 Å². The molecule has 15 atom stereocenters. The summed E-state index contributed by atoms with van der Waals surface area (Å²) in [6.07, 6.45) is -16.4. The maximum atomic E-state index is 12.4. The Labute approximate surface area is 444 Å². The molecule has 6 aliphatic rings. The predicted molar refractivity (Wildman–Crippen MR) is 262 cm³/mol. The van der Waals surface area contributed by atoms with E-state index in [1.807, 2.05) is 0 Å². The van der Waals surface area contributed by atoms with Crippen molar-refractivity contribution in [2.24, 2.45) is 0 Å². The third kappa shape index (κ3) is 11.7. The third-order valence-corrected chi connectivity index (χ3v) is 13.9. The van der Waals surface area contributed by atoms with Crippen LogP contribution in [0.3, 0.4) is 0 Å². The first-order chi connectivity index (χ1) is 37.0. The van der Waals surface area contributed by atoms with E-state index in [4.69, 9.17) is 42.6 Å². The van der Waals surface area contributed by atoms with Gasteiger partial charge in [-0.3, -0.25) is 65.6 Å². The Balaban J connectivity index is 1.05. The number of nitrogens with zero attached hydrogens (tertiary/aromatic N) is 7. The smallest absolute Gasteiger partial charge is 0.299 e. The van der Waals surface area contributed by atoms with E-state index in [0.29, 0.717) is 0 Å². The molecule has 79 heavy (non-hydrogen) atoms. The number of aliphatic hydroxyl groups is 3. The minimum atomic E-state index is -1.73. The van der Waals surface area contributed by atoms with E-state index in [2.05, 4.69) is 16.0 Å². The van der Waals surface area contributed by atoms with Crippen molar-refractivity contribution in [2.45, 2.75) is 151 Å². The minimum Gasteiger partial charge on any atom is -0.389 e. The fourth-order valence-corrected chi connectivity index (χ4v) is 10.7. The minimum absolute atomic E-state index is 0.232. The molecular formula is C45H54N10O24. The first-order valence-electron chi connectivity index (χ1n) is 24.4. The Hall–Kier alpha value is -7.06. The Morgan fingerprint density at radius 3 is 0.924 bits per heavy atom. The quantitative estimate of drug-likeness (QED) is 0.0659. The summed E-state index contributed by atoms with van der Waals surface area (Å²) >= 11 is 0. The summed E-state index contributed by atoms with van der Waals surface area (Å²) in [5.41, 5.74) is -4.61. The lowest BCUT2D eigenvalue weighted by atomic mass is 9.98. The molecule has 6 saturated heterocycles. The van der Waals surface area contributed by atoms with Gasteiger partial charge in [0.05, 0.1) is 84.2 Å². The van der Waals surface area contributed by atoms with Gasteiger partial charge in [-0.1, -0.05) is 0 Å². The van der Waals surface area contributed by atoms with Crippen molar-refractivity contribution in [3.63, 3.8) is 0 Å². The van der Waals surface area contributed by atoms with Gasteiger partial charge in [-0.25, -0.2) is 0 Å². The van der Waals surface area contributed by atoms with E-state index in [9.17, 15) is 76.0 Å². The molecule has 9 rings (SSSR count). The van der Waals surface area contributed by atoms with Crippen LogP contribution in [0.4, 0.5) is 51.2 Å². The van der Waals surface area contributed by atoms with Gasteiger partial charge in [-0.2, -0.15) is 0 Å². The number of ether oxygens (including phenoxy) is 9. The number of hydrogen-bond acceptors (Lipinski definition) is 28. The second-order valence-corrected chi connectivity index (χ2v) is 20.8. The van der Waals surface area contributed by atoms with Crippen LogP contribution in [0.25, 0.3) is 0 Å². The van der Waals surface area contributed by atoms with Crippen molar-refractivity contribution in [3.8, 4) is 0 Å². The second-order valence-electron chi connectivity index (χ2n) is 20.8. The van der Waals surface area contributed by atoms with Crippen molar-refractivity contribution in [1.29, 1.82) is 0 Å². The molecule has 0 aromatic heterocycles. The lowest BCUT2D eigenvalue weighted by Crippen LogP contribution is -2.55.